The monoisotopic (exact) mass is 283 g/mol. The van der Waals surface area contributed by atoms with Crippen molar-refractivity contribution in [3.63, 3.8) is 0 Å². The predicted molar refractivity (Wildman–Crippen MR) is 75.2 cm³/mol. The summed E-state index contributed by atoms with van der Waals surface area (Å²) >= 11 is 5.90. The number of rotatable bonds is 3. The summed E-state index contributed by atoms with van der Waals surface area (Å²) in [4.78, 5) is 11.2. The first-order valence-electron chi connectivity index (χ1n) is 5.39. The van der Waals surface area contributed by atoms with Gasteiger partial charge < -0.3 is 5.32 Å². The molecule has 0 atom stereocenters. The highest BCUT2D eigenvalue weighted by Crippen LogP contribution is 2.40. The molecule has 1 N–H and O–H groups in total. The molecule has 1 aliphatic carbocycles. The van der Waals surface area contributed by atoms with E-state index in [4.69, 9.17) is 11.6 Å². The average Bonchev–Trinajstić information content (AvgIpc) is 3.14. The summed E-state index contributed by atoms with van der Waals surface area (Å²) in [6.45, 7) is 0. The molecule has 3 rings (SSSR count). The molecule has 0 bridgehead atoms. The SMILES string of the molecule is O=c1ssc(Nc2ccc(C3CC3)cc2)c1Cl. The van der Waals surface area contributed by atoms with Crippen molar-refractivity contribution in [2.24, 2.45) is 0 Å². The normalized spacial score (nSPS) is 14.9. The molecule has 0 amide bonds. The molecule has 17 heavy (non-hydrogen) atoms. The summed E-state index contributed by atoms with van der Waals surface area (Å²) in [5.74, 6) is 0.768. The molecule has 2 aromatic rings. The topological polar surface area (TPSA) is 29.1 Å². The molecule has 0 saturated heterocycles. The second-order valence-electron chi connectivity index (χ2n) is 4.12. The van der Waals surface area contributed by atoms with Crippen molar-refractivity contribution in [1.82, 2.24) is 0 Å². The molecule has 0 unspecified atom stereocenters. The van der Waals surface area contributed by atoms with Gasteiger partial charge in [0.05, 0.1) is 0 Å². The van der Waals surface area contributed by atoms with E-state index in [1.807, 2.05) is 12.1 Å². The van der Waals surface area contributed by atoms with Crippen LogP contribution >= 0.6 is 32.3 Å². The molecule has 2 nitrogen and oxygen atoms in total. The van der Waals surface area contributed by atoms with Crippen molar-refractivity contribution in [2.75, 3.05) is 5.32 Å². The maximum Gasteiger partial charge on any atom is 0.263 e. The minimum Gasteiger partial charge on any atom is -0.345 e. The Balaban J connectivity index is 1.80. The molecular weight excluding hydrogens is 274 g/mol. The summed E-state index contributed by atoms with van der Waals surface area (Å²) in [5.41, 5.74) is 2.38. The van der Waals surface area contributed by atoms with Crippen LogP contribution in [0.2, 0.25) is 5.02 Å². The van der Waals surface area contributed by atoms with Gasteiger partial charge >= 0.3 is 0 Å². The van der Waals surface area contributed by atoms with E-state index in [0.29, 0.717) is 5.02 Å². The molecular formula is C12H10ClNOS2. The number of anilines is 2. The zero-order chi connectivity index (χ0) is 11.8. The minimum absolute atomic E-state index is 0.0752. The Morgan fingerprint density at radius 2 is 1.88 bits per heavy atom. The maximum atomic E-state index is 11.2. The van der Waals surface area contributed by atoms with Crippen LogP contribution in [0.15, 0.2) is 29.1 Å². The van der Waals surface area contributed by atoms with Crippen molar-refractivity contribution in [2.45, 2.75) is 18.8 Å². The molecule has 1 saturated carbocycles. The van der Waals surface area contributed by atoms with Gasteiger partial charge in [0.15, 0.2) is 0 Å². The van der Waals surface area contributed by atoms with Crippen LogP contribution in [0.5, 0.6) is 0 Å². The van der Waals surface area contributed by atoms with Crippen molar-refractivity contribution < 1.29 is 0 Å². The van der Waals surface area contributed by atoms with Crippen LogP contribution in [-0.4, -0.2) is 0 Å². The Hall–Kier alpha value is -0.840. The summed E-state index contributed by atoms with van der Waals surface area (Å²) in [7, 11) is 2.54. The van der Waals surface area contributed by atoms with E-state index in [1.165, 1.54) is 28.7 Å². The summed E-state index contributed by atoms with van der Waals surface area (Å²) in [5, 5.41) is 4.21. The Bertz CT molecular complexity index is 583. The second kappa shape index (κ2) is 4.44. The van der Waals surface area contributed by atoms with Gasteiger partial charge in [-0.2, -0.15) is 0 Å². The van der Waals surface area contributed by atoms with Gasteiger partial charge in [-0.3, -0.25) is 4.79 Å². The number of nitrogens with one attached hydrogen (secondary N) is 1. The molecule has 1 aliphatic rings. The highest BCUT2D eigenvalue weighted by molar-refractivity contribution is 7.70. The lowest BCUT2D eigenvalue weighted by Crippen LogP contribution is -1.93. The van der Waals surface area contributed by atoms with E-state index in [9.17, 15) is 4.79 Å². The third-order valence-electron chi connectivity index (χ3n) is 2.80. The Morgan fingerprint density at radius 1 is 1.18 bits per heavy atom. The highest BCUT2D eigenvalue weighted by Gasteiger charge is 2.22. The van der Waals surface area contributed by atoms with Crippen molar-refractivity contribution >= 4 is 43.0 Å². The molecule has 0 radical (unpaired) electrons. The van der Waals surface area contributed by atoms with Crippen LogP contribution in [0, 0.1) is 0 Å². The van der Waals surface area contributed by atoms with Crippen LogP contribution < -0.4 is 10.1 Å². The predicted octanol–water partition coefficient (Wildman–Crippen LogP) is 4.44. The van der Waals surface area contributed by atoms with Crippen LogP contribution in [0.25, 0.3) is 0 Å². The first kappa shape index (κ1) is 11.3. The second-order valence-corrected chi connectivity index (χ2v) is 6.61. The third kappa shape index (κ3) is 2.39. The fourth-order valence-corrected chi connectivity index (χ4v) is 4.09. The first-order valence-corrected chi connectivity index (χ1v) is 7.92. The zero-order valence-electron chi connectivity index (χ0n) is 8.90. The molecule has 88 valence electrons. The highest BCUT2D eigenvalue weighted by atomic mass is 35.5. The van der Waals surface area contributed by atoms with Crippen LogP contribution in [0.3, 0.4) is 0 Å². The molecule has 1 heterocycles. The Kier molecular flexibility index (Phi) is 2.94. The third-order valence-corrected chi connectivity index (χ3v) is 5.50. The van der Waals surface area contributed by atoms with Crippen molar-refractivity contribution in [1.29, 1.82) is 0 Å². The van der Waals surface area contributed by atoms with Crippen LogP contribution in [-0.2, 0) is 0 Å². The maximum absolute atomic E-state index is 11.2. The summed E-state index contributed by atoms with van der Waals surface area (Å²) < 4.78 is -0.0752. The van der Waals surface area contributed by atoms with E-state index in [2.05, 4.69) is 17.4 Å². The van der Waals surface area contributed by atoms with Crippen molar-refractivity contribution in [3.05, 3.63) is 44.4 Å². The first-order chi connectivity index (χ1) is 8.24. The standard InChI is InChI=1S/C12H10ClNOS2/c13-10-11(16-17-12(10)15)14-9-5-3-8(4-6-9)7-1-2-7/h3-7,14H,1-2H2. The minimum atomic E-state index is -0.0752. The van der Waals surface area contributed by atoms with E-state index in [-0.39, 0.29) is 4.74 Å². The Morgan fingerprint density at radius 3 is 2.41 bits per heavy atom. The molecule has 1 aromatic carbocycles. The number of hydrogen-bond acceptors (Lipinski definition) is 4. The average molecular weight is 284 g/mol. The van der Waals surface area contributed by atoms with Gasteiger partial charge in [-0.1, -0.05) is 34.1 Å². The summed E-state index contributed by atoms with van der Waals surface area (Å²) in [6, 6.07) is 8.36. The fraction of sp³-hybridized carbons (Fsp3) is 0.250. The summed E-state index contributed by atoms with van der Waals surface area (Å²) in [6.07, 6.45) is 2.62. The van der Waals surface area contributed by atoms with E-state index >= 15 is 0 Å². The molecule has 1 aromatic heterocycles. The lowest BCUT2D eigenvalue weighted by atomic mass is 10.1. The van der Waals surface area contributed by atoms with E-state index in [1.54, 1.807) is 0 Å². The number of hydrogen-bond donors (Lipinski definition) is 1. The quantitative estimate of drug-likeness (QED) is 0.844. The van der Waals surface area contributed by atoms with Gasteiger partial charge in [0, 0.05) is 5.69 Å². The fourth-order valence-electron chi connectivity index (χ4n) is 1.71. The molecule has 5 heteroatoms. The van der Waals surface area contributed by atoms with Gasteiger partial charge in [-0.25, -0.2) is 0 Å². The van der Waals surface area contributed by atoms with Gasteiger partial charge in [-0.05, 0) is 46.8 Å². The number of benzene rings is 1. The lowest BCUT2D eigenvalue weighted by molar-refractivity contribution is 1.13. The lowest BCUT2D eigenvalue weighted by Gasteiger charge is -2.04. The van der Waals surface area contributed by atoms with Crippen LogP contribution in [0.4, 0.5) is 10.7 Å². The van der Waals surface area contributed by atoms with E-state index in [0.717, 1.165) is 26.9 Å². The Labute approximate surface area is 111 Å². The van der Waals surface area contributed by atoms with Gasteiger partial charge in [-0.15, -0.1) is 0 Å². The smallest absolute Gasteiger partial charge is 0.263 e. The molecule has 1 fully saturated rings. The number of halogens is 1. The molecule has 0 aliphatic heterocycles. The van der Waals surface area contributed by atoms with Gasteiger partial charge in [0.2, 0.25) is 0 Å². The van der Waals surface area contributed by atoms with E-state index < -0.39 is 0 Å². The molecule has 0 spiro atoms. The largest absolute Gasteiger partial charge is 0.345 e. The van der Waals surface area contributed by atoms with Gasteiger partial charge in [0.1, 0.15) is 10.0 Å². The zero-order valence-corrected chi connectivity index (χ0v) is 11.3. The van der Waals surface area contributed by atoms with Gasteiger partial charge in [0.25, 0.3) is 4.74 Å². The van der Waals surface area contributed by atoms with Crippen molar-refractivity contribution in [3.8, 4) is 0 Å². The van der Waals surface area contributed by atoms with Crippen LogP contribution in [0.1, 0.15) is 24.3 Å².